The van der Waals surface area contributed by atoms with Crippen LogP contribution in [0, 0.1) is 11.3 Å². The molecule has 1 saturated carbocycles. The minimum Gasteiger partial charge on any atom is -0.375 e. The Hall–Kier alpha value is -0.0800. The van der Waals surface area contributed by atoms with Gasteiger partial charge in [0.1, 0.15) is 0 Å². The summed E-state index contributed by atoms with van der Waals surface area (Å²) in [4.78, 5) is 0. The predicted octanol–water partition coefficient (Wildman–Crippen LogP) is 2.58. The Bertz CT molecular complexity index is 217. The molecule has 1 N–H and O–H groups in total. The smallest absolute Gasteiger partial charge is 0.0565 e. The Morgan fingerprint density at radius 3 is 2.20 bits per heavy atom. The van der Waals surface area contributed by atoms with Crippen molar-refractivity contribution in [2.75, 3.05) is 6.54 Å². The first-order chi connectivity index (χ1) is 6.97. The van der Waals surface area contributed by atoms with Crippen LogP contribution in [0.25, 0.3) is 0 Å². The van der Waals surface area contributed by atoms with E-state index in [0.29, 0.717) is 23.7 Å². The van der Waals surface area contributed by atoms with Gasteiger partial charge < -0.3 is 10.1 Å². The summed E-state index contributed by atoms with van der Waals surface area (Å²) in [5, 5.41) is 3.72. The lowest BCUT2D eigenvalue weighted by atomic mass is 9.99. The van der Waals surface area contributed by atoms with Crippen LogP contribution in [0.4, 0.5) is 0 Å². The molecular weight excluding hydrogens is 186 g/mol. The fourth-order valence-electron chi connectivity index (χ4n) is 2.81. The van der Waals surface area contributed by atoms with E-state index in [2.05, 4.69) is 33.0 Å². The zero-order chi connectivity index (χ0) is 11.1. The molecule has 2 rings (SSSR count). The van der Waals surface area contributed by atoms with E-state index in [1.807, 2.05) is 0 Å². The SMILES string of the molecule is CC1CC(NCC2CC2(C)C)CC(C)O1. The molecule has 88 valence electrons. The molecule has 2 fully saturated rings. The van der Waals surface area contributed by atoms with Crippen LogP contribution in [0.2, 0.25) is 0 Å². The summed E-state index contributed by atoms with van der Waals surface area (Å²) in [6.45, 7) is 10.3. The highest BCUT2D eigenvalue weighted by Gasteiger charge is 2.45. The monoisotopic (exact) mass is 211 g/mol. The van der Waals surface area contributed by atoms with Gasteiger partial charge in [-0.15, -0.1) is 0 Å². The summed E-state index contributed by atoms with van der Waals surface area (Å²) >= 11 is 0. The molecule has 3 unspecified atom stereocenters. The maximum atomic E-state index is 5.74. The van der Waals surface area contributed by atoms with Crippen molar-refractivity contribution in [1.82, 2.24) is 5.32 Å². The van der Waals surface area contributed by atoms with Crippen molar-refractivity contribution >= 4 is 0 Å². The highest BCUT2D eigenvalue weighted by molar-refractivity contribution is 4.96. The molecule has 0 aromatic heterocycles. The van der Waals surface area contributed by atoms with Crippen LogP contribution >= 0.6 is 0 Å². The van der Waals surface area contributed by atoms with E-state index >= 15 is 0 Å². The fraction of sp³-hybridized carbons (Fsp3) is 1.00. The van der Waals surface area contributed by atoms with Crippen molar-refractivity contribution in [3.8, 4) is 0 Å². The molecule has 1 saturated heterocycles. The molecule has 0 aromatic carbocycles. The summed E-state index contributed by atoms with van der Waals surface area (Å²) in [6.07, 6.45) is 4.61. The second kappa shape index (κ2) is 4.06. The van der Waals surface area contributed by atoms with Gasteiger partial charge in [0, 0.05) is 6.04 Å². The third kappa shape index (κ3) is 2.94. The Morgan fingerprint density at radius 2 is 1.73 bits per heavy atom. The summed E-state index contributed by atoms with van der Waals surface area (Å²) in [5.41, 5.74) is 0.607. The van der Waals surface area contributed by atoms with Gasteiger partial charge in [-0.1, -0.05) is 13.8 Å². The van der Waals surface area contributed by atoms with Crippen molar-refractivity contribution in [3.05, 3.63) is 0 Å². The Morgan fingerprint density at radius 1 is 1.20 bits per heavy atom. The van der Waals surface area contributed by atoms with Gasteiger partial charge in [-0.3, -0.25) is 0 Å². The summed E-state index contributed by atoms with van der Waals surface area (Å²) < 4.78 is 5.74. The second-order valence-electron chi connectivity index (χ2n) is 6.22. The molecule has 0 aromatic rings. The second-order valence-corrected chi connectivity index (χ2v) is 6.22. The van der Waals surface area contributed by atoms with Gasteiger partial charge in [0.05, 0.1) is 12.2 Å². The highest BCUT2D eigenvalue weighted by atomic mass is 16.5. The van der Waals surface area contributed by atoms with Crippen LogP contribution in [-0.4, -0.2) is 24.8 Å². The van der Waals surface area contributed by atoms with E-state index in [4.69, 9.17) is 4.74 Å². The van der Waals surface area contributed by atoms with Crippen LogP contribution in [0.3, 0.4) is 0 Å². The maximum absolute atomic E-state index is 5.74. The van der Waals surface area contributed by atoms with Crippen LogP contribution in [0.1, 0.15) is 47.0 Å². The van der Waals surface area contributed by atoms with Gasteiger partial charge in [-0.2, -0.15) is 0 Å². The van der Waals surface area contributed by atoms with Crippen LogP contribution in [0.5, 0.6) is 0 Å². The van der Waals surface area contributed by atoms with Gasteiger partial charge >= 0.3 is 0 Å². The topological polar surface area (TPSA) is 21.3 Å². The van der Waals surface area contributed by atoms with E-state index in [0.717, 1.165) is 5.92 Å². The minimum atomic E-state index is 0.429. The Balaban J connectivity index is 1.71. The number of ether oxygens (including phenoxy) is 1. The summed E-state index contributed by atoms with van der Waals surface area (Å²) in [5.74, 6) is 0.908. The molecule has 1 heterocycles. The lowest BCUT2D eigenvalue weighted by molar-refractivity contribution is -0.0421. The molecule has 0 bridgehead atoms. The molecule has 0 spiro atoms. The fourth-order valence-corrected chi connectivity index (χ4v) is 2.81. The third-order valence-electron chi connectivity index (χ3n) is 4.07. The quantitative estimate of drug-likeness (QED) is 0.774. The van der Waals surface area contributed by atoms with Crippen molar-refractivity contribution in [3.63, 3.8) is 0 Å². The Kier molecular flexibility index (Phi) is 3.09. The number of nitrogens with one attached hydrogen (secondary N) is 1. The molecular formula is C13H25NO. The average molecular weight is 211 g/mol. The van der Waals surface area contributed by atoms with E-state index in [-0.39, 0.29) is 0 Å². The largest absolute Gasteiger partial charge is 0.375 e. The molecule has 1 aliphatic carbocycles. The molecule has 0 radical (unpaired) electrons. The standard InChI is InChI=1S/C13H25NO/c1-9-5-12(6-10(2)15-9)14-8-11-7-13(11,3)4/h9-12,14H,5-8H2,1-4H3. The first-order valence-electron chi connectivity index (χ1n) is 6.36. The molecule has 2 heteroatoms. The lowest BCUT2D eigenvalue weighted by Gasteiger charge is -2.32. The van der Waals surface area contributed by atoms with E-state index in [9.17, 15) is 0 Å². The zero-order valence-electron chi connectivity index (χ0n) is 10.5. The third-order valence-corrected chi connectivity index (χ3v) is 4.07. The molecule has 3 atom stereocenters. The Labute approximate surface area is 93.8 Å². The average Bonchev–Trinajstić information content (AvgIpc) is 2.69. The summed E-state index contributed by atoms with van der Waals surface area (Å²) in [6, 6.07) is 0.681. The molecule has 2 nitrogen and oxygen atoms in total. The van der Waals surface area contributed by atoms with Crippen molar-refractivity contribution in [1.29, 1.82) is 0 Å². The molecule has 2 aliphatic rings. The van der Waals surface area contributed by atoms with Gasteiger partial charge in [-0.25, -0.2) is 0 Å². The zero-order valence-corrected chi connectivity index (χ0v) is 10.5. The van der Waals surface area contributed by atoms with Gasteiger partial charge in [-0.05, 0) is 51.0 Å². The van der Waals surface area contributed by atoms with Crippen molar-refractivity contribution < 1.29 is 4.74 Å². The lowest BCUT2D eigenvalue weighted by Crippen LogP contribution is -2.42. The normalized spacial score (nSPS) is 44.0. The van der Waals surface area contributed by atoms with Gasteiger partial charge in [0.25, 0.3) is 0 Å². The molecule has 15 heavy (non-hydrogen) atoms. The number of rotatable bonds is 3. The first-order valence-corrected chi connectivity index (χ1v) is 6.36. The van der Waals surface area contributed by atoms with Crippen molar-refractivity contribution in [2.45, 2.75) is 65.2 Å². The van der Waals surface area contributed by atoms with Gasteiger partial charge in [0.2, 0.25) is 0 Å². The minimum absolute atomic E-state index is 0.429. The van der Waals surface area contributed by atoms with Crippen molar-refractivity contribution in [2.24, 2.45) is 11.3 Å². The van der Waals surface area contributed by atoms with E-state index < -0.39 is 0 Å². The van der Waals surface area contributed by atoms with E-state index in [1.54, 1.807) is 0 Å². The number of hydrogen-bond acceptors (Lipinski definition) is 2. The molecule has 1 aliphatic heterocycles. The van der Waals surface area contributed by atoms with Crippen LogP contribution in [0.15, 0.2) is 0 Å². The highest BCUT2D eigenvalue weighted by Crippen LogP contribution is 2.51. The van der Waals surface area contributed by atoms with Crippen LogP contribution < -0.4 is 5.32 Å². The maximum Gasteiger partial charge on any atom is 0.0565 e. The number of hydrogen-bond donors (Lipinski definition) is 1. The van der Waals surface area contributed by atoms with E-state index in [1.165, 1.54) is 25.8 Å². The molecule has 0 amide bonds. The first kappa shape index (κ1) is 11.4. The summed E-state index contributed by atoms with van der Waals surface area (Å²) in [7, 11) is 0. The van der Waals surface area contributed by atoms with Gasteiger partial charge in [0.15, 0.2) is 0 Å². The predicted molar refractivity (Wildman–Crippen MR) is 62.9 cm³/mol. The van der Waals surface area contributed by atoms with Crippen LogP contribution in [-0.2, 0) is 4.74 Å².